The Morgan fingerprint density at radius 3 is 2.54 bits per heavy atom. The number of alkyl halides is 1. The number of carbonyl (C=O) groups excluding carboxylic acids is 1. The highest BCUT2D eigenvalue weighted by Gasteiger charge is 2.30. The first-order valence-corrected chi connectivity index (χ1v) is 11.3. The predicted octanol–water partition coefficient (Wildman–Crippen LogP) is 5.78. The number of nitrogens with zero attached hydrogens (tertiary/aromatic N) is 3. The number of nitrogens with one attached hydrogen (secondary N) is 1. The van der Waals surface area contributed by atoms with E-state index in [2.05, 4.69) is 15.3 Å². The number of pyridine rings is 2. The standard InChI is InChI=1S/C26H27F3N4O2/c1-6-33-13-19-15(25(33)34)7-8-30-24(19)32-14(2)16-9-21(28)17(10-20(16)27)18-11-23(26(3,4)29)31-12-22(18)35-5/h7-12,14H,6,13H2,1-5H3,(H,30,32)/t14-/m0/s1. The Hall–Kier alpha value is -3.62. The van der Waals surface area contributed by atoms with Crippen molar-refractivity contribution in [2.24, 2.45) is 0 Å². The average Bonchev–Trinajstić information content (AvgIpc) is 3.15. The van der Waals surface area contributed by atoms with Crippen LogP contribution in [0.4, 0.5) is 19.0 Å². The number of amides is 1. The summed E-state index contributed by atoms with van der Waals surface area (Å²) in [6, 6.07) is 4.55. The quantitative estimate of drug-likeness (QED) is 0.460. The monoisotopic (exact) mass is 484 g/mol. The first kappa shape index (κ1) is 24.5. The molecule has 0 saturated heterocycles. The average molecular weight is 485 g/mol. The molecular weight excluding hydrogens is 457 g/mol. The van der Waals surface area contributed by atoms with Crippen molar-refractivity contribution < 1.29 is 22.7 Å². The number of hydrogen-bond donors (Lipinski definition) is 1. The van der Waals surface area contributed by atoms with Gasteiger partial charge in [0.25, 0.3) is 5.91 Å². The zero-order valence-corrected chi connectivity index (χ0v) is 20.2. The Balaban J connectivity index is 1.68. The van der Waals surface area contributed by atoms with Crippen LogP contribution >= 0.6 is 0 Å². The second kappa shape index (κ2) is 9.20. The molecule has 0 unspecified atom stereocenters. The lowest BCUT2D eigenvalue weighted by molar-refractivity contribution is 0.0787. The molecule has 1 aliphatic rings. The minimum absolute atomic E-state index is 0.0638. The molecule has 1 atom stereocenters. The first-order chi connectivity index (χ1) is 16.5. The van der Waals surface area contributed by atoms with E-state index in [9.17, 15) is 9.18 Å². The van der Waals surface area contributed by atoms with Crippen LogP contribution in [0.2, 0.25) is 0 Å². The van der Waals surface area contributed by atoms with E-state index < -0.39 is 23.3 Å². The highest BCUT2D eigenvalue weighted by molar-refractivity contribution is 5.99. The summed E-state index contributed by atoms with van der Waals surface area (Å²) < 4.78 is 50.3. The van der Waals surface area contributed by atoms with E-state index in [0.717, 1.165) is 17.7 Å². The second-order valence-electron chi connectivity index (χ2n) is 8.97. The third kappa shape index (κ3) is 4.54. The summed E-state index contributed by atoms with van der Waals surface area (Å²) in [6.07, 6.45) is 2.81. The molecule has 35 heavy (non-hydrogen) atoms. The molecule has 0 bridgehead atoms. The van der Waals surface area contributed by atoms with Crippen LogP contribution in [0.3, 0.4) is 0 Å². The van der Waals surface area contributed by atoms with E-state index in [1.54, 1.807) is 17.9 Å². The van der Waals surface area contributed by atoms with Crippen molar-refractivity contribution in [3.05, 3.63) is 70.7 Å². The molecule has 184 valence electrons. The number of benzene rings is 1. The minimum Gasteiger partial charge on any atom is -0.494 e. The van der Waals surface area contributed by atoms with Gasteiger partial charge in [-0.05, 0) is 52.0 Å². The molecule has 0 saturated carbocycles. The first-order valence-electron chi connectivity index (χ1n) is 11.3. The lowest BCUT2D eigenvalue weighted by Crippen LogP contribution is -2.22. The van der Waals surface area contributed by atoms with Gasteiger partial charge in [0.15, 0.2) is 0 Å². The minimum atomic E-state index is -1.77. The van der Waals surface area contributed by atoms with E-state index in [-0.39, 0.29) is 34.0 Å². The van der Waals surface area contributed by atoms with Gasteiger partial charge in [-0.1, -0.05) is 0 Å². The van der Waals surface area contributed by atoms with Crippen molar-refractivity contribution in [3.8, 4) is 16.9 Å². The van der Waals surface area contributed by atoms with Gasteiger partial charge in [0.2, 0.25) is 0 Å². The molecule has 4 rings (SSSR count). The number of halogens is 3. The fourth-order valence-corrected chi connectivity index (χ4v) is 4.19. The van der Waals surface area contributed by atoms with Gasteiger partial charge in [0, 0.05) is 40.6 Å². The number of rotatable bonds is 7. The van der Waals surface area contributed by atoms with Crippen molar-refractivity contribution in [2.75, 3.05) is 19.0 Å². The zero-order valence-electron chi connectivity index (χ0n) is 20.2. The van der Waals surface area contributed by atoms with Gasteiger partial charge < -0.3 is 15.0 Å². The highest BCUT2D eigenvalue weighted by atomic mass is 19.1. The van der Waals surface area contributed by atoms with Crippen molar-refractivity contribution in [1.29, 1.82) is 0 Å². The summed E-state index contributed by atoms with van der Waals surface area (Å²) in [5.41, 5.74) is -0.194. The van der Waals surface area contributed by atoms with Gasteiger partial charge in [-0.3, -0.25) is 9.78 Å². The van der Waals surface area contributed by atoms with Gasteiger partial charge in [-0.15, -0.1) is 0 Å². The highest BCUT2D eigenvalue weighted by Crippen LogP contribution is 2.37. The molecule has 0 fully saturated rings. The van der Waals surface area contributed by atoms with E-state index in [4.69, 9.17) is 4.74 Å². The number of methoxy groups -OCH3 is 1. The topological polar surface area (TPSA) is 67.3 Å². The van der Waals surface area contributed by atoms with Gasteiger partial charge in [-0.2, -0.15) is 0 Å². The van der Waals surface area contributed by atoms with Crippen molar-refractivity contribution in [1.82, 2.24) is 14.9 Å². The Morgan fingerprint density at radius 2 is 1.89 bits per heavy atom. The van der Waals surface area contributed by atoms with Crippen LogP contribution in [0, 0.1) is 11.6 Å². The number of hydrogen-bond acceptors (Lipinski definition) is 5. The SMILES string of the molecule is CCN1Cc2c(ccnc2N[C@@H](C)c2cc(F)c(-c3cc(C(C)(C)F)ncc3OC)cc2F)C1=O. The molecule has 6 nitrogen and oxygen atoms in total. The third-order valence-electron chi connectivity index (χ3n) is 6.20. The Morgan fingerprint density at radius 1 is 1.14 bits per heavy atom. The molecule has 0 aliphatic carbocycles. The summed E-state index contributed by atoms with van der Waals surface area (Å²) in [5.74, 6) is -0.775. The van der Waals surface area contributed by atoms with E-state index in [0.29, 0.717) is 24.5 Å². The van der Waals surface area contributed by atoms with Crippen molar-refractivity contribution >= 4 is 11.7 Å². The third-order valence-corrected chi connectivity index (χ3v) is 6.20. The molecule has 9 heteroatoms. The Kier molecular flexibility index (Phi) is 6.44. The van der Waals surface area contributed by atoms with Crippen LogP contribution in [0.25, 0.3) is 11.1 Å². The maximum Gasteiger partial charge on any atom is 0.254 e. The molecular formula is C26H27F3N4O2. The number of carbonyl (C=O) groups is 1. The summed E-state index contributed by atoms with van der Waals surface area (Å²) in [4.78, 5) is 22.5. The molecule has 1 N–H and O–H groups in total. The smallest absolute Gasteiger partial charge is 0.254 e. The van der Waals surface area contributed by atoms with Crippen molar-refractivity contribution in [3.63, 3.8) is 0 Å². The lowest BCUT2D eigenvalue weighted by Gasteiger charge is -2.20. The molecule has 1 aromatic carbocycles. The predicted molar refractivity (Wildman–Crippen MR) is 127 cm³/mol. The molecule has 2 aromatic heterocycles. The van der Waals surface area contributed by atoms with Crippen LogP contribution in [0.1, 0.15) is 60.9 Å². The normalized spacial score (nSPS) is 14.2. The van der Waals surface area contributed by atoms with E-state index in [1.165, 1.54) is 39.4 Å². The maximum absolute atomic E-state index is 15.3. The summed E-state index contributed by atoms with van der Waals surface area (Å²) >= 11 is 0. The van der Waals surface area contributed by atoms with Gasteiger partial charge in [0.1, 0.15) is 28.9 Å². The fraction of sp³-hybridized carbons (Fsp3) is 0.346. The molecule has 0 radical (unpaired) electrons. The van der Waals surface area contributed by atoms with Gasteiger partial charge >= 0.3 is 0 Å². The molecule has 1 amide bonds. The van der Waals surface area contributed by atoms with Crippen LogP contribution in [-0.4, -0.2) is 34.4 Å². The molecule has 1 aliphatic heterocycles. The summed E-state index contributed by atoms with van der Waals surface area (Å²) in [5, 5.41) is 3.12. The van der Waals surface area contributed by atoms with Crippen molar-refractivity contribution in [2.45, 2.75) is 46.0 Å². The Bertz CT molecular complexity index is 1290. The Labute approximate surface area is 202 Å². The zero-order chi connectivity index (χ0) is 25.5. The second-order valence-corrected chi connectivity index (χ2v) is 8.97. The molecule has 3 aromatic rings. The molecule has 3 heterocycles. The number of fused-ring (bicyclic) bond motifs is 1. The van der Waals surface area contributed by atoms with E-state index >= 15 is 8.78 Å². The van der Waals surface area contributed by atoms with Crippen LogP contribution in [-0.2, 0) is 12.2 Å². The number of ether oxygens (including phenoxy) is 1. The number of aromatic nitrogens is 2. The summed E-state index contributed by atoms with van der Waals surface area (Å²) in [7, 11) is 1.38. The molecule has 0 spiro atoms. The van der Waals surface area contributed by atoms with E-state index in [1.807, 2.05) is 6.92 Å². The largest absolute Gasteiger partial charge is 0.494 e. The maximum atomic E-state index is 15.3. The van der Waals surface area contributed by atoms with Crippen LogP contribution < -0.4 is 10.1 Å². The van der Waals surface area contributed by atoms with Crippen LogP contribution in [0.15, 0.2) is 36.7 Å². The summed E-state index contributed by atoms with van der Waals surface area (Å²) in [6.45, 7) is 7.20. The fourth-order valence-electron chi connectivity index (χ4n) is 4.19. The lowest BCUT2D eigenvalue weighted by atomic mass is 9.97. The number of anilines is 1. The van der Waals surface area contributed by atoms with Gasteiger partial charge in [-0.25, -0.2) is 18.2 Å². The van der Waals surface area contributed by atoms with Crippen LogP contribution in [0.5, 0.6) is 5.75 Å². The van der Waals surface area contributed by atoms with Gasteiger partial charge in [0.05, 0.1) is 31.6 Å².